The number of benzene rings is 1. The number of aromatic amines is 1. The summed E-state index contributed by atoms with van der Waals surface area (Å²) >= 11 is 0. The van der Waals surface area contributed by atoms with Crippen LogP contribution in [0, 0.1) is 0 Å². The molecule has 2 aromatic rings. The van der Waals surface area contributed by atoms with Gasteiger partial charge in [0.2, 0.25) is 0 Å². The van der Waals surface area contributed by atoms with Crippen LogP contribution in [0.3, 0.4) is 0 Å². The average Bonchev–Trinajstić information content (AvgIpc) is 2.84. The Morgan fingerprint density at radius 3 is 2.33 bits per heavy atom. The lowest BCUT2D eigenvalue weighted by Crippen LogP contribution is -2.55. The third kappa shape index (κ3) is 5.93. The first-order chi connectivity index (χ1) is 17.2. The van der Waals surface area contributed by atoms with Crippen molar-refractivity contribution in [1.29, 1.82) is 0 Å². The van der Waals surface area contributed by atoms with Gasteiger partial charge >= 0.3 is 17.7 Å². The van der Waals surface area contributed by atoms with Gasteiger partial charge in [0.25, 0.3) is 5.91 Å². The van der Waals surface area contributed by atoms with Crippen LogP contribution in [0.4, 0.5) is 10.6 Å². The van der Waals surface area contributed by atoms with E-state index in [-0.39, 0.29) is 46.9 Å². The second kappa shape index (κ2) is 11.6. The second-order valence-corrected chi connectivity index (χ2v) is 8.65. The van der Waals surface area contributed by atoms with Crippen molar-refractivity contribution >= 4 is 23.7 Å². The first-order valence-corrected chi connectivity index (χ1v) is 11.6. The molecule has 3 unspecified atom stereocenters. The van der Waals surface area contributed by atoms with Crippen molar-refractivity contribution in [3.8, 4) is 11.5 Å². The number of hydrogen-bond acceptors (Lipinski definition) is 7. The number of urea groups is 1. The summed E-state index contributed by atoms with van der Waals surface area (Å²) in [5.41, 5.74) is -0.455. The number of carboxylic acid groups (broad SMARTS) is 1. The Morgan fingerprint density at radius 1 is 1.17 bits per heavy atom. The molecule has 1 fully saturated rings. The van der Waals surface area contributed by atoms with E-state index < -0.39 is 29.6 Å². The topological polar surface area (TPSA) is 163 Å². The number of aliphatic carboxylic acids is 1. The van der Waals surface area contributed by atoms with Crippen molar-refractivity contribution in [3.63, 3.8) is 0 Å². The highest BCUT2D eigenvalue weighted by Gasteiger charge is 2.32. The summed E-state index contributed by atoms with van der Waals surface area (Å²) in [5.74, 6) is -1.61. The van der Waals surface area contributed by atoms with Gasteiger partial charge in [-0.25, -0.2) is 14.4 Å². The van der Waals surface area contributed by atoms with Gasteiger partial charge in [0.15, 0.2) is 0 Å². The van der Waals surface area contributed by atoms with Crippen molar-refractivity contribution in [2.24, 2.45) is 0 Å². The van der Waals surface area contributed by atoms with E-state index in [2.05, 4.69) is 20.6 Å². The van der Waals surface area contributed by atoms with Crippen molar-refractivity contribution < 1.29 is 29.0 Å². The molecule has 0 spiro atoms. The summed E-state index contributed by atoms with van der Waals surface area (Å²) in [6, 6.07) is 2.93. The normalized spacial score (nSPS) is 18.2. The number of amides is 3. The van der Waals surface area contributed by atoms with Gasteiger partial charge in [0.1, 0.15) is 28.9 Å². The smallest absolute Gasteiger partial charge is 0.346 e. The molecule has 3 amide bonds. The van der Waals surface area contributed by atoms with Crippen molar-refractivity contribution in [2.75, 3.05) is 19.5 Å². The molecule has 2 heterocycles. The third-order valence-corrected chi connectivity index (χ3v) is 6.22. The maximum absolute atomic E-state index is 13.1. The van der Waals surface area contributed by atoms with Crippen LogP contribution in [-0.4, -0.2) is 70.2 Å². The Balaban J connectivity index is 1.86. The largest absolute Gasteiger partial charge is 0.496 e. The number of H-pyrrole nitrogens is 1. The quantitative estimate of drug-likeness (QED) is 0.427. The van der Waals surface area contributed by atoms with E-state index in [9.17, 15) is 24.3 Å². The Morgan fingerprint density at radius 2 is 1.78 bits per heavy atom. The van der Waals surface area contributed by atoms with Crippen LogP contribution in [0.25, 0.3) is 0 Å². The number of piperidine rings is 1. The van der Waals surface area contributed by atoms with Crippen LogP contribution in [0.2, 0.25) is 0 Å². The van der Waals surface area contributed by atoms with E-state index in [0.29, 0.717) is 0 Å². The molecule has 0 bridgehead atoms. The predicted octanol–water partition coefficient (Wildman–Crippen LogP) is 2.01. The standard InChI is InChI=1S/C24H31N5O7/c1-13-7-5-8-14(2)29(13)24(34)26-16(22(31)32)11-15-12-25-23(33)28-20(15)27-21(30)19-17(35-3)9-6-10-18(19)36-4/h6,9-10,12-14,16H,5,7-8,11H2,1-4H3,(H,26,34)(H,31,32)(H2,25,27,28,30,33). The molecule has 12 heteroatoms. The van der Waals surface area contributed by atoms with E-state index in [0.717, 1.165) is 19.3 Å². The van der Waals surface area contributed by atoms with E-state index in [1.165, 1.54) is 20.4 Å². The number of rotatable bonds is 8. The van der Waals surface area contributed by atoms with E-state index in [4.69, 9.17) is 9.47 Å². The zero-order chi connectivity index (χ0) is 26.4. The summed E-state index contributed by atoms with van der Waals surface area (Å²) < 4.78 is 10.5. The number of carbonyl (C=O) groups is 3. The number of nitrogens with one attached hydrogen (secondary N) is 3. The van der Waals surface area contributed by atoms with Crippen molar-refractivity contribution in [1.82, 2.24) is 20.2 Å². The lowest BCUT2D eigenvalue weighted by atomic mass is 9.98. The first-order valence-electron chi connectivity index (χ1n) is 11.6. The molecule has 36 heavy (non-hydrogen) atoms. The summed E-state index contributed by atoms with van der Waals surface area (Å²) in [7, 11) is 2.79. The highest BCUT2D eigenvalue weighted by atomic mass is 16.5. The maximum atomic E-state index is 13.1. The highest BCUT2D eigenvalue weighted by molar-refractivity contribution is 6.08. The summed E-state index contributed by atoms with van der Waals surface area (Å²) in [6.07, 6.45) is 3.69. The van der Waals surface area contributed by atoms with Crippen LogP contribution in [-0.2, 0) is 11.2 Å². The number of nitrogens with zero attached hydrogens (tertiary/aromatic N) is 2. The molecular weight excluding hydrogens is 470 g/mol. The number of carbonyl (C=O) groups excluding carboxylic acids is 2. The SMILES string of the molecule is COc1cccc(OC)c1C(=O)Nc1nc(=O)[nH]cc1CC(NC(=O)N1C(C)CCCC1C)C(=O)O. The van der Waals surface area contributed by atoms with Crippen molar-refractivity contribution in [2.45, 2.75) is 57.7 Å². The Labute approximate surface area is 208 Å². The minimum absolute atomic E-state index is 0.0244. The minimum Gasteiger partial charge on any atom is -0.496 e. The summed E-state index contributed by atoms with van der Waals surface area (Å²) in [4.78, 5) is 57.9. The predicted molar refractivity (Wildman–Crippen MR) is 131 cm³/mol. The average molecular weight is 502 g/mol. The number of aromatic nitrogens is 2. The van der Waals surface area contributed by atoms with Gasteiger partial charge in [0, 0.05) is 30.3 Å². The zero-order valence-electron chi connectivity index (χ0n) is 20.7. The molecule has 1 aromatic heterocycles. The monoisotopic (exact) mass is 501 g/mol. The highest BCUT2D eigenvalue weighted by Crippen LogP contribution is 2.29. The van der Waals surface area contributed by atoms with Crippen LogP contribution in [0.1, 0.15) is 49.0 Å². The molecule has 194 valence electrons. The molecule has 12 nitrogen and oxygen atoms in total. The van der Waals surface area contributed by atoms with Gasteiger partial charge in [-0.15, -0.1) is 0 Å². The number of ether oxygens (including phenoxy) is 2. The lowest BCUT2D eigenvalue weighted by Gasteiger charge is -2.39. The molecule has 0 aliphatic carbocycles. The fraction of sp³-hybridized carbons (Fsp3) is 0.458. The van der Waals surface area contributed by atoms with Crippen LogP contribution >= 0.6 is 0 Å². The minimum atomic E-state index is -1.33. The number of likely N-dealkylation sites (tertiary alicyclic amines) is 1. The zero-order valence-corrected chi connectivity index (χ0v) is 20.7. The Hall–Kier alpha value is -4.09. The fourth-order valence-electron chi connectivity index (χ4n) is 4.40. The molecule has 1 saturated heterocycles. The third-order valence-electron chi connectivity index (χ3n) is 6.22. The molecule has 3 rings (SSSR count). The number of anilines is 1. The molecular formula is C24H31N5O7. The maximum Gasteiger partial charge on any atom is 0.346 e. The second-order valence-electron chi connectivity index (χ2n) is 8.65. The number of methoxy groups -OCH3 is 2. The number of hydrogen-bond donors (Lipinski definition) is 4. The van der Waals surface area contributed by atoms with Gasteiger partial charge in [0.05, 0.1) is 14.2 Å². The fourth-order valence-corrected chi connectivity index (χ4v) is 4.40. The molecule has 0 radical (unpaired) electrons. The van der Waals surface area contributed by atoms with Crippen LogP contribution < -0.4 is 25.8 Å². The molecule has 4 N–H and O–H groups in total. The summed E-state index contributed by atoms with van der Waals surface area (Å²) in [5, 5.41) is 14.9. The Kier molecular flexibility index (Phi) is 8.51. The molecule has 1 aliphatic rings. The van der Waals surface area contributed by atoms with E-state index >= 15 is 0 Å². The molecule has 1 aliphatic heterocycles. The van der Waals surface area contributed by atoms with E-state index in [1.807, 2.05) is 13.8 Å². The van der Waals surface area contributed by atoms with Crippen LogP contribution in [0.15, 0.2) is 29.2 Å². The van der Waals surface area contributed by atoms with Crippen LogP contribution in [0.5, 0.6) is 11.5 Å². The lowest BCUT2D eigenvalue weighted by molar-refractivity contribution is -0.139. The van der Waals surface area contributed by atoms with Crippen molar-refractivity contribution in [3.05, 3.63) is 46.0 Å². The van der Waals surface area contributed by atoms with Gasteiger partial charge in [-0.1, -0.05) is 6.07 Å². The van der Waals surface area contributed by atoms with Gasteiger partial charge in [-0.05, 0) is 45.2 Å². The molecule has 0 saturated carbocycles. The summed E-state index contributed by atoms with van der Waals surface area (Å²) in [6.45, 7) is 3.85. The van der Waals surface area contributed by atoms with Gasteiger partial charge in [-0.3, -0.25) is 4.79 Å². The van der Waals surface area contributed by atoms with E-state index in [1.54, 1.807) is 23.1 Å². The van der Waals surface area contributed by atoms with Gasteiger partial charge in [-0.2, -0.15) is 4.98 Å². The first kappa shape index (κ1) is 26.5. The molecule has 3 atom stereocenters. The molecule has 1 aromatic carbocycles. The Bertz CT molecular complexity index is 1150. The number of carboxylic acids is 1. The van der Waals surface area contributed by atoms with Gasteiger partial charge < -0.3 is 35.1 Å².